The van der Waals surface area contributed by atoms with E-state index in [4.69, 9.17) is 4.74 Å². The van der Waals surface area contributed by atoms with Gasteiger partial charge in [-0.25, -0.2) is 0 Å². The molecule has 2 rings (SSSR count). The molecule has 0 spiro atoms. The Morgan fingerprint density at radius 1 is 1.40 bits per heavy atom. The van der Waals surface area contributed by atoms with Gasteiger partial charge >= 0.3 is 0 Å². The second-order valence-electron chi connectivity index (χ2n) is 5.38. The molecule has 0 aromatic heterocycles. The van der Waals surface area contributed by atoms with E-state index in [9.17, 15) is 9.90 Å². The molecule has 1 amide bonds. The average Bonchev–Trinajstić information content (AvgIpc) is 2.71. The largest absolute Gasteiger partial charge is 0.507 e. The van der Waals surface area contributed by atoms with Crippen molar-refractivity contribution in [1.82, 2.24) is 4.90 Å². The molecule has 1 N–H and O–H groups in total. The summed E-state index contributed by atoms with van der Waals surface area (Å²) in [5.74, 6) is 1.19. The zero-order valence-corrected chi connectivity index (χ0v) is 12.3. The van der Waals surface area contributed by atoms with Crippen LogP contribution < -0.4 is 4.74 Å². The predicted molar refractivity (Wildman–Crippen MR) is 78.2 cm³/mol. The molecule has 20 heavy (non-hydrogen) atoms. The van der Waals surface area contributed by atoms with E-state index in [0.717, 1.165) is 31.8 Å². The number of nitrogens with zero attached hydrogens (tertiary/aromatic N) is 1. The summed E-state index contributed by atoms with van der Waals surface area (Å²) in [5.41, 5.74) is 0.362. The summed E-state index contributed by atoms with van der Waals surface area (Å²) in [6, 6.07) is 4.83. The van der Waals surface area contributed by atoms with Gasteiger partial charge in [-0.15, -0.1) is 0 Å². The van der Waals surface area contributed by atoms with Crippen molar-refractivity contribution in [3.05, 3.63) is 23.8 Å². The molecule has 1 heterocycles. The summed E-state index contributed by atoms with van der Waals surface area (Å²) in [5, 5.41) is 9.96. The van der Waals surface area contributed by atoms with E-state index in [-0.39, 0.29) is 11.7 Å². The zero-order valence-electron chi connectivity index (χ0n) is 12.3. The average molecular weight is 277 g/mol. The highest BCUT2D eigenvalue weighted by atomic mass is 16.5. The molecule has 0 bridgehead atoms. The number of hydrogen-bond donors (Lipinski definition) is 1. The third kappa shape index (κ3) is 3.24. The van der Waals surface area contributed by atoms with E-state index < -0.39 is 0 Å². The van der Waals surface area contributed by atoms with Crippen molar-refractivity contribution in [3.63, 3.8) is 0 Å². The summed E-state index contributed by atoms with van der Waals surface area (Å²) < 4.78 is 5.04. The molecule has 1 aromatic carbocycles. The first-order chi connectivity index (χ1) is 9.65. The van der Waals surface area contributed by atoms with E-state index in [1.165, 1.54) is 26.0 Å². The third-order valence-electron chi connectivity index (χ3n) is 4.15. The number of hydrogen-bond acceptors (Lipinski definition) is 3. The zero-order chi connectivity index (χ0) is 14.5. The molecule has 110 valence electrons. The Bertz CT molecular complexity index is 473. The van der Waals surface area contributed by atoms with Crippen LogP contribution in [0.2, 0.25) is 0 Å². The van der Waals surface area contributed by atoms with Gasteiger partial charge in [-0.05, 0) is 37.3 Å². The minimum atomic E-state index is -0.0816. The van der Waals surface area contributed by atoms with E-state index >= 15 is 0 Å². The molecule has 0 saturated carbocycles. The van der Waals surface area contributed by atoms with Crippen molar-refractivity contribution in [1.29, 1.82) is 0 Å². The first-order valence-corrected chi connectivity index (χ1v) is 7.32. The number of carbonyl (C=O) groups excluding carboxylic acids is 1. The minimum Gasteiger partial charge on any atom is -0.507 e. The van der Waals surface area contributed by atoms with E-state index in [2.05, 4.69) is 6.92 Å². The predicted octanol–water partition coefficient (Wildman–Crippen LogP) is 3.05. The topological polar surface area (TPSA) is 49.8 Å². The summed E-state index contributed by atoms with van der Waals surface area (Å²) >= 11 is 0. The summed E-state index contributed by atoms with van der Waals surface area (Å²) in [6.45, 7) is 3.76. The van der Waals surface area contributed by atoms with Crippen molar-refractivity contribution in [2.24, 2.45) is 5.92 Å². The molecule has 0 aliphatic carbocycles. The number of likely N-dealkylation sites (tertiary alicyclic amines) is 1. The Balaban J connectivity index is 2.10. The molecule has 1 unspecified atom stereocenters. The second-order valence-corrected chi connectivity index (χ2v) is 5.38. The maximum atomic E-state index is 12.5. The number of carbonyl (C=O) groups is 1. The molecule has 1 atom stereocenters. The van der Waals surface area contributed by atoms with Gasteiger partial charge in [-0.1, -0.05) is 13.3 Å². The lowest BCUT2D eigenvalue weighted by Crippen LogP contribution is -2.32. The Kier molecular flexibility index (Phi) is 4.88. The Hall–Kier alpha value is -1.71. The fourth-order valence-electron chi connectivity index (χ4n) is 2.77. The monoisotopic (exact) mass is 277 g/mol. The highest BCUT2D eigenvalue weighted by molar-refractivity contribution is 5.97. The molecule has 1 aromatic rings. The second kappa shape index (κ2) is 6.64. The van der Waals surface area contributed by atoms with Gasteiger partial charge in [0.2, 0.25) is 0 Å². The maximum Gasteiger partial charge on any atom is 0.257 e. The van der Waals surface area contributed by atoms with Crippen LogP contribution in [0, 0.1) is 5.92 Å². The number of ether oxygens (including phenoxy) is 1. The fourth-order valence-corrected chi connectivity index (χ4v) is 2.77. The SMILES string of the molecule is CCC1CCCN(C(=O)c2ccc(OC)cc2O)CC1. The Labute approximate surface area is 120 Å². The van der Waals surface area contributed by atoms with Crippen LogP contribution in [0.3, 0.4) is 0 Å². The highest BCUT2D eigenvalue weighted by Crippen LogP contribution is 2.26. The van der Waals surface area contributed by atoms with Crippen LogP contribution in [-0.2, 0) is 0 Å². The number of phenols is 1. The van der Waals surface area contributed by atoms with Gasteiger partial charge in [-0.3, -0.25) is 4.79 Å². The van der Waals surface area contributed by atoms with Crippen molar-refractivity contribution in [2.75, 3.05) is 20.2 Å². The van der Waals surface area contributed by atoms with Gasteiger partial charge in [0.25, 0.3) is 5.91 Å². The van der Waals surface area contributed by atoms with Crippen LogP contribution in [0.5, 0.6) is 11.5 Å². The van der Waals surface area contributed by atoms with Crippen LogP contribution in [0.25, 0.3) is 0 Å². The lowest BCUT2D eigenvalue weighted by atomic mass is 9.98. The highest BCUT2D eigenvalue weighted by Gasteiger charge is 2.22. The van der Waals surface area contributed by atoms with Crippen molar-refractivity contribution < 1.29 is 14.6 Å². The van der Waals surface area contributed by atoms with Crippen molar-refractivity contribution in [3.8, 4) is 11.5 Å². The molecule has 1 saturated heterocycles. The van der Waals surface area contributed by atoms with Gasteiger partial charge < -0.3 is 14.7 Å². The lowest BCUT2D eigenvalue weighted by molar-refractivity contribution is 0.0757. The maximum absolute atomic E-state index is 12.5. The number of aromatic hydroxyl groups is 1. The molecule has 0 radical (unpaired) electrons. The van der Waals surface area contributed by atoms with Crippen molar-refractivity contribution in [2.45, 2.75) is 32.6 Å². The molecule has 1 fully saturated rings. The van der Waals surface area contributed by atoms with Crippen LogP contribution in [-0.4, -0.2) is 36.1 Å². The van der Waals surface area contributed by atoms with Crippen molar-refractivity contribution >= 4 is 5.91 Å². The Morgan fingerprint density at radius 2 is 2.20 bits per heavy atom. The Morgan fingerprint density at radius 3 is 2.85 bits per heavy atom. The summed E-state index contributed by atoms with van der Waals surface area (Å²) in [6.07, 6.45) is 4.46. The molecule has 1 aliphatic rings. The van der Waals surface area contributed by atoms with E-state index in [1.54, 1.807) is 12.1 Å². The van der Waals surface area contributed by atoms with Crippen LogP contribution in [0.1, 0.15) is 43.0 Å². The van der Waals surface area contributed by atoms with Gasteiger partial charge in [0.15, 0.2) is 0 Å². The van der Waals surface area contributed by atoms with Gasteiger partial charge in [-0.2, -0.15) is 0 Å². The fraction of sp³-hybridized carbons (Fsp3) is 0.562. The first-order valence-electron chi connectivity index (χ1n) is 7.32. The standard InChI is InChI=1S/C16H23NO3/c1-3-12-5-4-9-17(10-8-12)16(19)14-7-6-13(20-2)11-15(14)18/h6-7,11-12,18H,3-5,8-10H2,1-2H3. The third-order valence-corrected chi connectivity index (χ3v) is 4.15. The molecular formula is C16H23NO3. The molecule has 1 aliphatic heterocycles. The van der Waals surface area contributed by atoms with Crippen LogP contribution in [0.15, 0.2) is 18.2 Å². The number of amides is 1. The first kappa shape index (κ1) is 14.7. The minimum absolute atomic E-state index is 0.00867. The lowest BCUT2D eigenvalue weighted by Gasteiger charge is -2.21. The normalized spacial score (nSPS) is 19.5. The summed E-state index contributed by atoms with van der Waals surface area (Å²) in [4.78, 5) is 14.4. The van der Waals surface area contributed by atoms with Crippen LogP contribution >= 0.6 is 0 Å². The molecular weight excluding hydrogens is 254 g/mol. The van der Waals surface area contributed by atoms with Gasteiger partial charge in [0.05, 0.1) is 12.7 Å². The summed E-state index contributed by atoms with van der Waals surface area (Å²) in [7, 11) is 1.54. The van der Waals surface area contributed by atoms with Crippen LogP contribution in [0.4, 0.5) is 0 Å². The molecule has 4 nitrogen and oxygen atoms in total. The molecule has 4 heteroatoms. The van der Waals surface area contributed by atoms with E-state index in [1.807, 2.05) is 4.90 Å². The van der Waals surface area contributed by atoms with E-state index in [0.29, 0.717) is 11.3 Å². The van der Waals surface area contributed by atoms with Gasteiger partial charge in [0, 0.05) is 19.2 Å². The smallest absolute Gasteiger partial charge is 0.257 e. The number of benzene rings is 1. The number of rotatable bonds is 3. The number of methoxy groups -OCH3 is 1. The van der Waals surface area contributed by atoms with Gasteiger partial charge in [0.1, 0.15) is 11.5 Å². The quantitative estimate of drug-likeness (QED) is 0.923. The number of phenolic OH excluding ortho intramolecular Hbond substituents is 1.